The maximum atomic E-state index is 12.2. The molecule has 1 aromatic carbocycles. The van der Waals surface area contributed by atoms with Crippen LogP contribution in [0, 0.1) is 0 Å². The molecule has 7 nitrogen and oxygen atoms in total. The van der Waals surface area contributed by atoms with Crippen LogP contribution in [0.2, 0.25) is 0 Å². The number of benzene rings is 1. The SMILES string of the molecule is CN(Cc1ccccc1)c1cn([C@H]2CC[C@@H](CO)O2)c(=O)[nH]c1=O. The van der Waals surface area contributed by atoms with Crippen molar-refractivity contribution in [3.8, 4) is 0 Å². The third-order valence-electron chi connectivity index (χ3n) is 4.22. The fourth-order valence-corrected chi connectivity index (χ4v) is 2.93. The summed E-state index contributed by atoms with van der Waals surface area (Å²) in [5.41, 5.74) is 0.538. The molecule has 1 aliphatic heterocycles. The van der Waals surface area contributed by atoms with Crippen molar-refractivity contribution in [3.63, 3.8) is 0 Å². The normalized spacial score (nSPS) is 20.2. The summed E-state index contributed by atoms with van der Waals surface area (Å²) in [5, 5.41) is 9.17. The Morgan fingerprint density at radius 2 is 2.04 bits per heavy atom. The standard InChI is InChI=1S/C17H21N3O4/c1-19(9-12-5-3-2-4-6-12)14-10-20(17(23)18-16(14)22)15-8-7-13(11-21)24-15/h2-6,10,13,15,21H,7-9,11H2,1H3,(H,18,22,23)/t13-,15+/m0/s1. The number of nitrogens with one attached hydrogen (secondary N) is 1. The van der Waals surface area contributed by atoms with Crippen molar-refractivity contribution in [2.45, 2.75) is 31.7 Å². The summed E-state index contributed by atoms with van der Waals surface area (Å²) in [6.45, 7) is 0.474. The number of hydrogen-bond acceptors (Lipinski definition) is 5. The quantitative estimate of drug-likeness (QED) is 0.848. The first kappa shape index (κ1) is 16.5. The second-order valence-electron chi connectivity index (χ2n) is 6.00. The van der Waals surface area contributed by atoms with E-state index in [1.807, 2.05) is 30.3 Å². The molecule has 2 N–H and O–H groups in total. The number of aromatic nitrogens is 2. The molecule has 0 radical (unpaired) electrons. The van der Waals surface area contributed by atoms with Crippen LogP contribution in [-0.2, 0) is 11.3 Å². The number of H-pyrrole nitrogens is 1. The van der Waals surface area contributed by atoms with Crippen molar-refractivity contribution < 1.29 is 9.84 Å². The molecule has 0 bridgehead atoms. The molecule has 0 amide bonds. The monoisotopic (exact) mass is 331 g/mol. The van der Waals surface area contributed by atoms with Gasteiger partial charge in [-0.3, -0.25) is 14.3 Å². The lowest BCUT2D eigenvalue weighted by Crippen LogP contribution is -2.36. The Bertz CT molecular complexity index is 799. The van der Waals surface area contributed by atoms with Gasteiger partial charge in [0.15, 0.2) is 0 Å². The van der Waals surface area contributed by atoms with Crippen molar-refractivity contribution in [1.82, 2.24) is 9.55 Å². The van der Waals surface area contributed by atoms with Crippen LogP contribution >= 0.6 is 0 Å². The molecule has 2 heterocycles. The highest BCUT2D eigenvalue weighted by molar-refractivity contribution is 5.42. The number of nitrogens with zero attached hydrogens (tertiary/aromatic N) is 2. The van der Waals surface area contributed by atoms with E-state index in [9.17, 15) is 14.7 Å². The molecule has 2 aromatic rings. The molecule has 0 aliphatic carbocycles. The zero-order chi connectivity index (χ0) is 17.1. The maximum Gasteiger partial charge on any atom is 0.330 e. The summed E-state index contributed by atoms with van der Waals surface area (Å²) in [6, 6.07) is 9.77. The summed E-state index contributed by atoms with van der Waals surface area (Å²) in [6.07, 6.45) is 2.12. The lowest BCUT2D eigenvalue weighted by molar-refractivity contribution is -0.0245. The first-order valence-electron chi connectivity index (χ1n) is 7.95. The Hall–Kier alpha value is -2.38. The van der Waals surface area contributed by atoms with Gasteiger partial charge in [0.25, 0.3) is 5.56 Å². The van der Waals surface area contributed by atoms with Gasteiger partial charge in [0.2, 0.25) is 0 Å². The van der Waals surface area contributed by atoms with E-state index in [2.05, 4.69) is 4.98 Å². The van der Waals surface area contributed by atoms with Gasteiger partial charge in [-0.1, -0.05) is 30.3 Å². The van der Waals surface area contributed by atoms with E-state index < -0.39 is 17.5 Å². The van der Waals surface area contributed by atoms with Crippen molar-refractivity contribution in [3.05, 3.63) is 62.9 Å². The molecular formula is C17H21N3O4. The van der Waals surface area contributed by atoms with Crippen molar-refractivity contribution in [1.29, 1.82) is 0 Å². The van der Waals surface area contributed by atoms with Crippen molar-refractivity contribution >= 4 is 5.69 Å². The minimum atomic E-state index is -0.500. The number of ether oxygens (including phenoxy) is 1. The Morgan fingerprint density at radius 1 is 1.29 bits per heavy atom. The Balaban J connectivity index is 1.87. The number of aliphatic hydroxyl groups excluding tert-OH is 1. The minimum Gasteiger partial charge on any atom is -0.394 e. The Labute approximate surface area is 139 Å². The average molecular weight is 331 g/mol. The van der Waals surface area contributed by atoms with Gasteiger partial charge in [-0.15, -0.1) is 0 Å². The highest BCUT2D eigenvalue weighted by atomic mass is 16.5. The van der Waals surface area contributed by atoms with Crippen molar-refractivity contribution in [2.75, 3.05) is 18.6 Å². The molecule has 0 unspecified atom stereocenters. The fourth-order valence-electron chi connectivity index (χ4n) is 2.93. The first-order chi connectivity index (χ1) is 11.6. The van der Waals surface area contributed by atoms with Gasteiger partial charge in [-0.25, -0.2) is 4.79 Å². The zero-order valence-electron chi connectivity index (χ0n) is 13.5. The highest BCUT2D eigenvalue weighted by Gasteiger charge is 2.27. The fraction of sp³-hybridized carbons (Fsp3) is 0.412. The van der Waals surface area contributed by atoms with Crippen LogP contribution in [-0.4, -0.2) is 34.4 Å². The molecule has 2 atom stereocenters. The summed E-state index contributed by atoms with van der Waals surface area (Å²) < 4.78 is 7.04. The predicted octanol–water partition coefficient (Wildman–Crippen LogP) is 0.843. The molecule has 1 aromatic heterocycles. The predicted molar refractivity (Wildman–Crippen MR) is 90.1 cm³/mol. The summed E-state index contributed by atoms with van der Waals surface area (Å²) in [7, 11) is 1.80. The summed E-state index contributed by atoms with van der Waals surface area (Å²) in [5.74, 6) is 0. The zero-order valence-corrected chi connectivity index (χ0v) is 13.5. The van der Waals surface area contributed by atoms with Gasteiger partial charge in [0, 0.05) is 19.8 Å². The number of hydrogen-bond donors (Lipinski definition) is 2. The topological polar surface area (TPSA) is 87.6 Å². The first-order valence-corrected chi connectivity index (χ1v) is 7.95. The van der Waals surface area contributed by atoms with Gasteiger partial charge >= 0.3 is 5.69 Å². The van der Waals surface area contributed by atoms with Gasteiger partial charge in [0.05, 0.1) is 12.7 Å². The molecule has 1 saturated heterocycles. The molecule has 3 rings (SSSR count). The molecule has 128 valence electrons. The van der Waals surface area contributed by atoms with E-state index in [-0.39, 0.29) is 12.7 Å². The van der Waals surface area contributed by atoms with E-state index in [0.717, 1.165) is 5.56 Å². The van der Waals surface area contributed by atoms with E-state index in [4.69, 9.17) is 4.74 Å². The van der Waals surface area contributed by atoms with Crippen molar-refractivity contribution in [2.24, 2.45) is 0 Å². The molecule has 0 saturated carbocycles. The minimum absolute atomic E-state index is 0.0740. The largest absolute Gasteiger partial charge is 0.394 e. The number of aromatic amines is 1. The van der Waals surface area contributed by atoms with Crippen LogP contribution < -0.4 is 16.1 Å². The molecular weight excluding hydrogens is 310 g/mol. The van der Waals surface area contributed by atoms with E-state index >= 15 is 0 Å². The smallest absolute Gasteiger partial charge is 0.330 e. The maximum absolute atomic E-state index is 12.2. The molecule has 1 fully saturated rings. The summed E-state index contributed by atoms with van der Waals surface area (Å²) in [4.78, 5) is 28.4. The third-order valence-corrected chi connectivity index (χ3v) is 4.22. The molecule has 7 heteroatoms. The van der Waals surface area contributed by atoms with E-state index in [1.165, 1.54) is 10.8 Å². The highest BCUT2D eigenvalue weighted by Crippen LogP contribution is 2.27. The summed E-state index contributed by atoms with van der Waals surface area (Å²) >= 11 is 0. The number of aliphatic hydroxyl groups is 1. The second kappa shape index (κ2) is 7.02. The van der Waals surface area contributed by atoms with Crippen LogP contribution in [0.4, 0.5) is 5.69 Å². The van der Waals surface area contributed by atoms with E-state index in [1.54, 1.807) is 11.9 Å². The Kier molecular flexibility index (Phi) is 4.82. The van der Waals surface area contributed by atoms with Crippen LogP contribution in [0.25, 0.3) is 0 Å². The van der Waals surface area contributed by atoms with Gasteiger partial charge in [-0.2, -0.15) is 0 Å². The molecule has 1 aliphatic rings. The molecule has 0 spiro atoms. The van der Waals surface area contributed by atoms with Crippen LogP contribution in [0.5, 0.6) is 0 Å². The van der Waals surface area contributed by atoms with Crippen LogP contribution in [0.15, 0.2) is 46.1 Å². The number of rotatable bonds is 5. The molecule has 24 heavy (non-hydrogen) atoms. The number of anilines is 1. The lowest BCUT2D eigenvalue weighted by Gasteiger charge is -2.21. The average Bonchev–Trinajstić information content (AvgIpc) is 3.04. The van der Waals surface area contributed by atoms with E-state index in [0.29, 0.717) is 25.1 Å². The van der Waals surface area contributed by atoms with Gasteiger partial charge in [-0.05, 0) is 18.4 Å². The van der Waals surface area contributed by atoms with Crippen LogP contribution in [0.3, 0.4) is 0 Å². The van der Waals surface area contributed by atoms with Gasteiger partial charge < -0.3 is 14.7 Å². The second-order valence-corrected chi connectivity index (χ2v) is 6.00. The lowest BCUT2D eigenvalue weighted by atomic mass is 10.2. The van der Waals surface area contributed by atoms with Gasteiger partial charge in [0.1, 0.15) is 11.9 Å². The Morgan fingerprint density at radius 3 is 2.71 bits per heavy atom. The third kappa shape index (κ3) is 3.42. The van der Waals surface area contributed by atoms with Crippen LogP contribution in [0.1, 0.15) is 24.6 Å².